The molecule has 1 aliphatic carbocycles. The van der Waals surface area contributed by atoms with E-state index in [0.717, 1.165) is 17.3 Å². The first-order valence-electron chi connectivity index (χ1n) is 7.00. The molecular formula is C16H24BrN. The second-order valence-corrected chi connectivity index (χ2v) is 6.34. The number of hydrogen-bond donors (Lipinski definition) is 0. The summed E-state index contributed by atoms with van der Waals surface area (Å²) >= 11 is 3.54. The fourth-order valence-electron chi connectivity index (χ4n) is 3.01. The van der Waals surface area contributed by atoms with Crippen molar-refractivity contribution in [1.29, 1.82) is 0 Å². The third-order valence-corrected chi connectivity index (χ3v) is 4.94. The van der Waals surface area contributed by atoms with Gasteiger partial charge in [0.05, 0.1) is 0 Å². The molecule has 1 aromatic carbocycles. The van der Waals surface area contributed by atoms with E-state index in [1.165, 1.54) is 42.5 Å². The molecule has 0 bridgehead atoms. The highest BCUT2D eigenvalue weighted by atomic mass is 79.9. The van der Waals surface area contributed by atoms with Gasteiger partial charge in [-0.25, -0.2) is 0 Å². The van der Waals surface area contributed by atoms with Crippen LogP contribution in [0.25, 0.3) is 0 Å². The van der Waals surface area contributed by atoms with Crippen LogP contribution >= 0.6 is 15.9 Å². The first kappa shape index (κ1) is 13.9. The maximum atomic E-state index is 3.54. The average molecular weight is 310 g/mol. The molecule has 2 heteroatoms. The van der Waals surface area contributed by atoms with Crippen molar-refractivity contribution < 1.29 is 0 Å². The van der Waals surface area contributed by atoms with Crippen LogP contribution in [0.1, 0.15) is 43.7 Å². The third kappa shape index (κ3) is 3.09. The summed E-state index contributed by atoms with van der Waals surface area (Å²) in [7, 11) is 2.26. The van der Waals surface area contributed by atoms with Crippen LogP contribution in [0.2, 0.25) is 0 Å². The number of benzene rings is 1. The van der Waals surface area contributed by atoms with E-state index in [9.17, 15) is 0 Å². The molecule has 0 N–H and O–H groups in total. The Hall–Kier alpha value is -0.500. The highest BCUT2D eigenvalue weighted by molar-refractivity contribution is 9.08. The van der Waals surface area contributed by atoms with E-state index < -0.39 is 0 Å². The van der Waals surface area contributed by atoms with E-state index in [2.05, 4.69) is 59.9 Å². The van der Waals surface area contributed by atoms with Crippen molar-refractivity contribution in [3.8, 4) is 0 Å². The Morgan fingerprint density at radius 2 is 2.11 bits per heavy atom. The standard InChI is InChI=1S/C16H24BrN/c1-12-5-4-6-15(9-12)18(3)16-8-7-14(11-17)13(2)10-16/h7-8,10,12,15H,4-6,9,11H2,1-3H3. The summed E-state index contributed by atoms with van der Waals surface area (Å²) < 4.78 is 0. The fraction of sp³-hybridized carbons (Fsp3) is 0.625. The Morgan fingerprint density at radius 1 is 1.33 bits per heavy atom. The molecule has 1 fully saturated rings. The maximum Gasteiger partial charge on any atom is 0.0368 e. The van der Waals surface area contributed by atoms with Crippen LogP contribution in [-0.4, -0.2) is 13.1 Å². The molecule has 2 unspecified atom stereocenters. The molecular weight excluding hydrogens is 286 g/mol. The van der Waals surface area contributed by atoms with Gasteiger partial charge in [-0.3, -0.25) is 0 Å². The summed E-state index contributed by atoms with van der Waals surface area (Å²) in [5.74, 6) is 0.883. The van der Waals surface area contributed by atoms with Crippen molar-refractivity contribution in [2.45, 2.75) is 50.9 Å². The lowest BCUT2D eigenvalue weighted by Gasteiger charge is -2.36. The molecule has 1 aromatic rings. The van der Waals surface area contributed by atoms with E-state index in [4.69, 9.17) is 0 Å². The summed E-state index contributed by atoms with van der Waals surface area (Å²) in [6, 6.07) is 7.57. The molecule has 1 aliphatic rings. The van der Waals surface area contributed by atoms with Crippen LogP contribution < -0.4 is 4.90 Å². The van der Waals surface area contributed by atoms with Crippen LogP contribution in [-0.2, 0) is 5.33 Å². The molecule has 0 heterocycles. The number of anilines is 1. The summed E-state index contributed by atoms with van der Waals surface area (Å²) in [5, 5.41) is 0.948. The topological polar surface area (TPSA) is 3.24 Å². The lowest BCUT2D eigenvalue weighted by Crippen LogP contribution is -2.35. The Bertz CT molecular complexity index is 402. The minimum Gasteiger partial charge on any atom is -0.372 e. The predicted molar refractivity (Wildman–Crippen MR) is 83.6 cm³/mol. The smallest absolute Gasteiger partial charge is 0.0368 e. The number of rotatable bonds is 3. The van der Waals surface area contributed by atoms with Crippen LogP contribution in [0.4, 0.5) is 5.69 Å². The predicted octanol–water partition coefficient (Wildman–Crippen LogP) is 4.90. The van der Waals surface area contributed by atoms with Gasteiger partial charge in [-0.05, 0) is 48.9 Å². The van der Waals surface area contributed by atoms with E-state index in [1.807, 2.05) is 0 Å². The number of aryl methyl sites for hydroxylation is 1. The Balaban J connectivity index is 2.12. The van der Waals surface area contributed by atoms with Crippen molar-refractivity contribution in [2.75, 3.05) is 11.9 Å². The van der Waals surface area contributed by atoms with Gasteiger partial charge in [0.25, 0.3) is 0 Å². The van der Waals surface area contributed by atoms with E-state index in [-0.39, 0.29) is 0 Å². The van der Waals surface area contributed by atoms with Crippen molar-refractivity contribution in [3.63, 3.8) is 0 Å². The van der Waals surface area contributed by atoms with Gasteiger partial charge >= 0.3 is 0 Å². The second-order valence-electron chi connectivity index (χ2n) is 5.78. The van der Waals surface area contributed by atoms with E-state index >= 15 is 0 Å². The highest BCUT2D eigenvalue weighted by Gasteiger charge is 2.22. The molecule has 1 saturated carbocycles. The second kappa shape index (κ2) is 6.10. The normalized spacial score (nSPS) is 24.0. The van der Waals surface area contributed by atoms with Crippen LogP contribution in [0, 0.1) is 12.8 Å². The van der Waals surface area contributed by atoms with Crippen LogP contribution in [0.3, 0.4) is 0 Å². The number of halogens is 1. The highest BCUT2D eigenvalue weighted by Crippen LogP contribution is 2.30. The van der Waals surface area contributed by atoms with Gasteiger partial charge in [-0.1, -0.05) is 41.8 Å². The average Bonchev–Trinajstić information content (AvgIpc) is 2.37. The molecule has 2 atom stereocenters. The molecule has 0 aromatic heterocycles. The fourth-order valence-corrected chi connectivity index (χ4v) is 3.64. The first-order chi connectivity index (χ1) is 8.61. The minimum atomic E-state index is 0.725. The molecule has 0 spiro atoms. The van der Waals surface area contributed by atoms with E-state index in [1.54, 1.807) is 0 Å². The molecule has 18 heavy (non-hydrogen) atoms. The minimum absolute atomic E-state index is 0.725. The summed E-state index contributed by atoms with van der Waals surface area (Å²) in [4.78, 5) is 2.49. The quantitative estimate of drug-likeness (QED) is 0.717. The lowest BCUT2D eigenvalue weighted by molar-refractivity contribution is 0.336. The Labute approximate surface area is 120 Å². The Kier molecular flexibility index (Phi) is 4.71. The summed E-state index contributed by atoms with van der Waals surface area (Å²) in [6.07, 6.45) is 5.48. The van der Waals surface area contributed by atoms with Crippen LogP contribution in [0.5, 0.6) is 0 Å². The molecule has 0 saturated heterocycles. The van der Waals surface area contributed by atoms with Crippen molar-refractivity contribution >= 4 is 21.6 Å². The molecule has 100 valence electrons. The monoisotopic (exact) mass is 309 g/mol. The molecule has 1 nitrogen and oxygen atoms in total. The molecule has 0 aliphatic heterocycles. The lowest BCUT2D eigenvalue weighted by atomic mass is 9.86. The number of hydrogen-bond acceptors (Lipinski definition) is 1. The zero-order valence-electron chi connectivity index (χ0n) is 11.7. The van der Waals surface area contributed by atoms with E-state index in [0.29, 0.717) is 0 Å². The first-order valence-corrected chi connectivity index (χ1v) is 8.12. The van der Waals surface area contributed by atoms with Gasteiger partial charge in [-0.2, -0.15) is 0 Å². The van der Waals surface area contributed by atoms with Gasteiger partial charge in [0.2, 0.25) is 0 Å². The van der Waals surface area contributed by atoms with Crippen molar-refractivity contribution in [3.05, 3.63) is 29.3 Å². The molecule has 0 amide bonds. The zero-order chi connectivity index (χ0) is 13.1. The zero-order valence-corrected chi connectivity index (χ0v) is 13.3. The largest absolute Gasteiger partial charge is 0.372 e. The number of alkyl halides is 1. The van der Waals surface area contributed by atoms with Crippen molar-refractivity contribution in [2.24, 2.45) is 5.92 Å². The number of nitrogens with zero attached hydrogens (tertiary/aromatic N) is 1. The molecule has 0 radical (unpaired) electrons. The van der Waals surface area contributed by atoms with Gasteiger partial charge < -0.3 is 4.90 Å². The molecule has 2 rings (SSSR count). The summed E-state index contributed by atoms with van der Waals surface area (Å²) in [6.45, 7) is 4.59. The maximum absolute atomic E-state index is 3.54. The third-order valence-electron chi connectivity index (χ3n) is 4.33. The van der Waals surface area contributed by atoms with Gasteiger partial charge in [0.15, 0.2) is 0 Å². The van der Waals surface area contributed by atoms with Gasteiger partial charge in [0, 0.05) is 24.1 Å². The van der Waals surface area contributed by atoms with Gasteiger partial charge in [-0.15, -0.1) is 0 Å². The van der Waals surface area contributed by atoms with Crippen molar-refractivity contribution in [1.82, 2.24) is 0 Å². The summed E-state index contributed by atoms with van der Waals surface area (Å²) in [5.41, 5.74) is 4.15. The van der Waals surface area contributed by atoms with Gasteiger partial charge in [0.1, 0.15) is 0 Å². The van der Waals surface area contributed by atoms with Crippen LogP contribution in [0.15, 0.2) is 18.2 Å². The Morgan fingerprint density at radius 3 is 2.72 bits per heavy atom. The SMILES string of the molecule is Cc1cc(N(C)C2CCCC(C)C2)ccc1CBr.